The molecular weight excluding hydrogens is 575 g/mol. The van der Waals surface area contributed by atoms with Crippen LogP contribution >= 0.6 is 0 Å². The molecule has 0 amide bonds. The maximum Gasteiger partial charge on any atom is 0.416 e. The van der Waals surface area contributed by atoms with E-state index in [1.54, 1.807) is 28.8 Å². The van der Waals surface area contributed by atoms with Crippen LogP contribution in [0.3, 0.4) is 0 Å². The molecule has 0 aliphatic rings. The Morgan fingerprint density at radius 2 is 1.50 bits per heavy atom. The number of hydrogen-bond acceptors (Lipinski definition) is 6. The second-order valence-corrected chi connectivity index (χ2v) is 11.1. The van der Waals surface area contributed by atoms with Gasteiger partial charge in [0.2, 0.25) is 10.0 Å². The number of fused-ring (bicyclic) bond motifs is 1. The van der Waals surface area contributed by atoms with Crippen LogP contribution in [-0.2, 0) is 35.8 Å². The van der Waals surface area contributed by atoms with Crippen molar-refractivity contribution in [1.29, 1.82) is 0 Å². The fourth-order valence-electron chi connectivity index (χ4n) is 4.25. The van der Waals surface area contributed by atoms with Crippen LogP contribution in [0.1, 0.15) is 23.6 Å². The number of halogens is 3. The smallest absolute Gasteiger partial charge is 0.416 e. The van der Waals surface area contributed by atoms with Crippen LogP contribution in [0.15, 0.2) is 93.6 Å². The Morgan fingerprint density at radius 3 is 2.10 bits per heavy atom. The summed E-state index contributed by atoms with van der Waals surface area (Å²) in [6.07, 6.45) is -2.95. The first-order valence-electron chi connectivity index (χ1n) is 12.7. The number of imidazole rings is 1. The van der Waals surface area contributed by atoms with Gasteiger partial charge in [0.15, 0.2) is 11.2 Å². The standard InChI is InChI=1S/C28H24F3N5O5S/c1-2-35-17-32-25-24(35)26(37)34-27(38)36(25)16-19-5-3-18(4-6-19)15-33-42(39,40)23-13-11-22(12-14-23)41-21-9-7-20(8-10-21)28(29,30)31/h3-14,17,33H,2,15-16H2,1H3,(H,34,37,38). The number of aromatic nitrogens is 4. The summed E-state index contributed by atoms with van der Waals surface area (Å²) >= 11 is 0. The van der Waals surface area contributed by atoms with Crippen LogP contribution in [-0.4, -0.2) is 27.5 Å². The molecule has 2 aromatic heterocycles. The zero-order chi connectivity index (χ0) is 30.1. The van der Waals surface area contributed by atoms with Crippen LogP contribution < -0.4 is 20.7 Å². The van der Waals surface area contributed by atoms with Crippen molar-refractivity contribution >= 4 is 21.2 Å². The van der Waals surface area contributed by atoms with Crippen LogP contribution in [0.4, 0.5) is 13.2 Å². The van der Waals surface area contributed by atoms with Gasteiger partial charge in [-0.25, -0.2) is 22.9 Å². The number of sulfonamides is 1. The minimum absolute atomic E-state index is 0.00379. The Balaban J connectivity index is 1.22. The minimum Gasteiger partial charge on any atom is -0.457 e. The maximum absolute atomic E-state index is 12.8. The predicted octanol–water partition coefficient (Wildman–Crippen LogP) is 4.24. The van der Waals surface area contributed by atoms with Crippen LogP contribution in [0, 0.1) is 0 Å². The van der Waals surface area contributed by atoms with Crippen molar-refractivity contribution in [3.8, 4) is 11.5 Å². The van der Waals surface area contributed by atoms with Crippen LogP contribution in [0.2, 0.25) is 0 Å². The van der Waals surface area contributed by atoms with Gasteiger partial charge in [0.1, 0.15) is 11.5 Å². The van der Waals surface area contributed by atoms with E-state index in [1.165, 1.54) is 47.3 Å². The lowest BCUT2D eigenvalue weighted by Crippen LogP contribution is -2.31. The van der Waals surface area contributed by atoms with Crippen molar-refractivity contribution < 1.29 is 26.3 Å². The third kappa shape index (κ3) is 6.14. The van der Waals surface area contributed by atoms with E-state index in [0.717, 1.165) is 17.7 Å². The van der Waals surface area contributed by atoms with Crippen molar-refractivity contribution in [3.63, 3.8) is 0 Å². The molecule has 0 atom stereocenters. The summed E-state index contributed by atoms with van der Waals surface area (Å²) in [6.45, 7) is 2.53. The first-order chi connectivity index (χ1) is 19.9. The number of benzene rings is 3. The van der Waals surface area contributed by atoms with E-state index < -0.39 is 33.0 Å². The quantitative estimate of drug-likeness (QED) is 0.261. The summed E-state index contributed by atoms with van der Waals surface area (Å²) in [6, 6.07) is 16.5. The molecule has 0 bridgehead atoms. The second kappa shape index (κ2) is 11.3. The fourth-order valence-corrected chi connectivity index (χ4v) is 5.27. The van der Waals surface area contributed by atoms with E-state index in [2.05, 4.69) is 14.7 Å². The maximum atomic E-state index is 12.8. The Bertz CT molecular complexity index is 1950. The zero-order valence-electron chi connectivity index (χ0n) is 22.1. The summed E-state index contributed by atoms with van der Waals surface area (Å²) in [5, 5.41) is 0. The van der Waals surface area contributed by atoms with Crippen LogP contribution in [0.25, 0.3) is 11.2 Å². The molecule has 0 aliphatic heterocycles. The summed E-state index contributed by atoms with van der Waals surface area (Å²) < 4.78 is 74.8. The molecular formula is C28H24F3N5O5S. The molecule has 3 aromatic carbocycles. The van der Waals surface area contributed by atoms with Crippen molar-refractivity contribution in [2.45, 2.75) is 37.6 Å². The molecule has 5 aromatic rings. The van der Waals surface area contributed by atoms with Gasteiger partial charge in [-0.2, -0.15) is 13.2 Å². The van der Waals surface area contributed by atoms with Crippen molar-refractivity contribution in [2.75, 3.05) is 0 Å². The lowest BCUT2D eigenvalue weighted by atomic mass is 10.1. The Kier molecular flexibility index (Phi) is 7.75. The number of aromatic amines is 1. The lowest BCUT2D eigenvalue weighted by molar-refractivity contribution is -0.137. The number of rotatable bonds is 9. The van der Waals surface area contributed by atoms with Gasteiger partial charge in [0.25, 0.3) is 5.56 Å². The average molecular weight is 600 g/mol. The van der Waals surface area contributed by atoms with E-state index >= 15 is 0 Å². The average Bonchev–Trinajstić information content (AvgIpc) is 3.40. The van der Waals surface area contributed by atoms with Crippen molar-refractivity contribution in [1.82, 2.24) is 23.8 Å². The molecule has 0 fully saturated rings. The molecule has 14 heteroatoms. The van der Waals surface area contributed by atoms with Crippen LogP contribution in [0.5, 0.6) is 11.5 Å². The number of nitrogens with one attached hydrogen (secondary N) is 2. The van der Waals surface area contributed by atoms with E-state index in [9.17, 15) is 31.2 Å². The highest BCUT2D eigenvalue weighted by molar-refractivity contribution is 7.89. The second-order valence-electron chi connectivity index (χ2n) is 9.28. The summed E-state index contributed by atoms with van der Waals surface area (Å²) in [4.78, 5) is 31.2. The highest BCUT2D eigenvalue weighted by Gasteiger charge is 2.30. The number of alkyl halides is 3. The third-order valence-electron chi connectivity index (χ3n) is 6.48. The number of H-pyrrole nitrogens is 1. The first-order valence-corrected chi connectivity index (χ1v) is 14.1. The molecule has 0 saturated carbocycles. The molecule has 218 valence electrons. The number of hydrogen-bond donors (Lipinski definition) is 2. The summed E-state index contributed by atoms with van der Waals surface area (Å²) in [7, 11) is -3.88. The van der Waals surface area contributed by atoms with E-state index in [1.807, 2.05) is 6.92 Å². The largest absolute Gasteiger partial charge is 0.457 e. The van der Waals surface area contributed by atoms with E-state index in [4.69, 9.17) is 4.74 Å². The Morgan fingerprint density at radius 1 is 0.905 bits per heavy atom. The van der Waals surface area contributed by atoms with Gasteiger partial charge in [0, 0.05) is 13.1 Å². The van der Waals surface area contributed by atoms with Gasteiger partial charge in [-0.05, 0) is 66.6 Å². The number of nitrogens with zero attached hydrogens (tertiary/aromatic N) is 3. The SMILES string of the molecule is CCn1cnc2c1c(=O)[nH]c(=O)n2Cc1ccc(CNS(=O)(=O)c2ccc(Oc3ccc(C(F)(F)F)cc3)cc2)cc1. The number of aryl methyl sites for hydroxylation is 1. The topological polar surface area (TPSA) is 128 Å². The van der Waals surface area contributed by atoms with E-state index in [-0.39, 0.29) is 35.1 Å². The molecule has 0 radical (unpaired) electrons. The van der Waals surface area contributed by atoms with Gasteiger partial charge >= 0.3 is 11.9 Å². The van der Waals surface area contributed by atoms with Gasteiger partial charge in [-0.1, -0.05) is 24.3 Å². The normalized spacial score (nSPS) is 12.1. The van der Waals surface area contributed by atoms with Gasteiger partial charge in [-0.15, -0.1) is 0 Å². The molecule has 42 heavy (non-hydrogen) atoms. The van der Waals surface area contributed by atoms with Crippen molar-refractivity contribution in [3.05, 3.63) is 117 Å². The molecule has 10 nitrogen and oxygen atoms in total. The lowest BCUT2D eigenvalue weighted by Gasteiger charge is -2.11. The molecule has 0 unspecified atom stereocenters. The molecule has 0 saturated heterocycles. The van der Waals surface area contributed by atoms with E-state index in [0.29, 0.717) is 17.6 Å². The molecule has 0 spiro atoms. The highest BCUT2D eigenvalue weighted by atomic mass is 32.2. The third-order valence-corrected chi connectivity index (χ3v) is 7.89. The Labute approximate surface area is 237 Å². The Hall–Kier alpha value is -4.69. The number of ether oxygens (including phenoxy) is 1. The fraction of sp³-hybridized carbons (Fsp3) is 0.179. The highest BCUT2D eigenvalue weighted by Crippen LogP contribution is 2.31. The van der Waals surface area contributed by atoms with Crippen molar-refractivity contribution in [2.24, 2.45) is 0 Å². The van der Waals surface area contributed by atoms with Gasteiger partial charge in [-0.3, -0.25) is 14.3 Å². The summed E-state index contributed by atoms with van der Waals surface area (Å²) in [5.74, 6) is 0.426. The monoisotopic (exact) mass is 599 g/mol. The predicted molar refractivity (Wildman–Crippen MR) is 148 cm³/mol. The summed E-state index contributed by atoms with van der Waals surface area (Å²) in [5.41, 5.74) is 0.102. The molecule has 2 N–H and O–H groups in total. The zero-order valence-corrected chi connectivity index (χ0v) is 22.9. The van der Waals surface area contributed by atoms with Gasteiger partial charge in [0.05, 0.1) is 23.3 Å². The minimum atomic E-state index is -4.46. The molecule has 5 rings (SSSR count). The van der Waals surface area contributed by atoms with Gasteiger partial charge < -0.3 is 9.30 Å². The first kappa shape index (κ1) is 28.8. The molecule has 0 aliphatic carbocycles. The molecule has 2 heterocycles.